The topological polar surface area (TPSA) is 65.4 Å². The largest absolute Gasteiger partial charge is 0.490 e. The van der Waals surface area contributed by atoms with E-state index in [0.29, 0.717) is 48.9 Å². The van der Waals surface area contributed by atoms with Crippen molar-refractivity contribution in [2.24, 2.45) is 7.05 Å². The predicted octanol–water partition coefficient (Wildman–Crippen LogP) is 3.36. The van der Waals surface area contributed by atoms with Gasteiger partial charge in [-0.15, -0.1) is 0 Å². The van der Waals surface area contributed by atoms with Crippen LogP contribution in [-0.4, -0.2) is 35.4 Å². The minimum Gasteiger partial charge on any atom is -0.490 e. The molecule has 1 aliphatic heterocycles. The maximum atomic E-state index is 13.3. The van der Waals surface area contributed by atoms with Gasteiger partial charge in [-0.3, -0.25) is 9.48 Å². The summed E-state index contributed by atoms with van der Waals surface area (Å²) in [5, 5.41) is 7.35. The van der Waals surface area contributed by atoms with Gasteiger partial charge in [0.25, 0.3) is 5.91 Å². The number of ether oxygens (including phenoxy) is 2. The Kier molecular flexibility index (Phi) is 5.46. The van der Waals surface area contributed by atoms with E-state index in [2.05, 4.69) is 10.4 Å². The molecule has 0 saturated carbocycles. The van der Waals surface area contributed by atoms with E-state index in [-0.39, 0.29) is 11.7 Å². The lowest BCUT2D eigenvalue weighted by molar-refractivity contribution is 0.0954. The lowest BCUT2D eigenvalue weighted by atomic mass is 10.1. The Morgan fingerprint density at radius 1 is 1.17 bits per heavy atom. The van der Waals surface area contributed by atoms with E-state index in [9.17, 15) is 9.18 Å². The highest BCUT2D eigenvalue weighted by atomic mass is 19.1. The molecule has 0 radical (unpaired) electrons. The van der Waals surface area contributed by atoms with Crippen LogP contribution in [0.5, 0.6) is 11.5 Å². The monoisotopic (exact) mass is 395 g/mol. The smallest absolute Gasteiger partial charge is 0.255 e. The van der Waals surface area contributed by atoms with Crippen molar-refractivity contribution in [3.63, 3.8) is 0 Å². The quantitative estimate of drug-likeness (QED) is 0.720. The number of aryl methyl sites for hydroxylation is 1. The summed E-state index contributed by atoms with van der Waals surface area (Å²) in [5.41, 5.74) is 2.66. The van der Waals surface area contributed by atoms with Crippen molar-refractivity contribution in [3.8, 4) is 22.8 Å². The molecule has 2 aromatic carbocycles. The molecule has 0 atom stereocenters. The molecular formula is C22H22FN3O3. The van der Waals surface area contributed by atoms with E-state index in [0.717, 1.165) is 17.5 Å². The fraction of sp³-hybridized carbons (Fsp3) is 0.273. The zero-order valence-electron chi connectivity index (χ0n) is 16.2. The molecule has 0 spiro atoms. The Labute approximate surface area is 168 Å². The molecule has 2 heterocycles. The molecule has 0 bridgehead atoms. The third-order valence-electron chi connectivity index (χ3n) is 4.68. The number of hydrogen-bond acceptors (Lipinski definition) is 4. The number of fused-ring (bicyclic) bond motifs is 1. The molecule has 0 unspecified atom stereocenters. The maximum Gasteiger partial charge on any atom is 0.255 e. The number of benzene rings is 2. The molecule has 6 nitrogen and oxygen atoms in total. The number of carbonyl (C=O) groups excluding carboxylic acids is 1. The molecule has 7 heteroatoms. The first kappa shape index (κ1) is 19.0. The molecular weight excluding hydrogens is 373 g/mol. The zero-order chi connectivity index (χ0) is 20.2. The summed E-state index contributed by atoms with van der Waals surface area (Å²) in [6.07, 6.45) is 3.06. The number of hydrogen-bond donors (Lipinski definition) is 1. The molecule has 0 fully saturated rings. The van der Waals surface area contributed by atoms with Crippen molar-refractivity contribution in [3.05, 3.63) is 65.6 Å². The molecule has 3 aromatic rings. The van der Waals surface area contributed by atoms with Gasteiger partial charge in [-0.1, -0.05) is 12.1 Å². The van der Waals surface area contributed by atoms with Crippen LogP contribution in [0.3, 0.4) is 0 Å². The van der Waals surface area contributed by atoms with E-state index < -0.39 is 0 Å². The minimum atomic E-state index is -0.280. The summed E-state index contributed by atoms with van der Waals surface area (Å²) in [5.74, 6) is 0.848. The van der Waals surface area contributed by atoms with Crippen LogP contribution in [-0.2, 0) is 13.5 Å². The van der Waals surface area contributed by atoms with Crippen molar-refractivity contribution in [1.82, 2.24) is 15.1 Å². The van der Waals surface area contributed by atoms with E-state index in [1.807, 2.05) is 24.3 Å². The number of carbonyl (C=O) groups is 1. The zero-order valence-corrected chi connectivity index (χ0v) is 16.2. The normalized spacial score (nSPS) is 13.0. The van der Waals surface area contributed by atoms with Gasteiger partial charge in [-0.05, 0) is 42.3 Å². The SMILES string of the molecule is Cn1cc(C(=O)NCCc2cccc(F)c2)c(-c2ccc3c(c2)OCCCO3)n1. The van der Waals surface area contributed by atoms with Crippen LogP contribution in [0, 0.1) is 5.82 Å². The molecule has 150 valence electrons. The van der Waals surface area contributed by atoms with Crippen LogP contribution in [0.4, 0.5) is 4.39 Å². The van der Waals surface area contributed by atoms with Gasteiger partial charge in [0.1, 0.15) is 11.5 Å². The number of nitrogens with zero attached hydrogens (tertiary/aromatic N) is 2. The van der Waals surface area contributed by atoms with Crippen LogP contribution >= 0.6 is 0 Å². The van der Waals surface area contributed by atoms with Crippen molar-refractivity contribution >= 4 is 5.91 Å². The second-order valence-corrected chi connectivity index (χ2v) is 6.91. The first-order valence-electron chi connectivity index (χ1n) is 9.56. The van der Waals surface area contributed by atoms with Crippen LogP contribution in [0.25, 0.3) is 11.3 Å². The third kappa shape index (κ3) is 4.39. The second kappa shape index (κ2) is 8.34. The number of rotatable bonds is 5. The van der Waals surface area contributed by atoms with Crippen molar-refractivity contribution in [1.29, 1.82) is 0 Å². The molecule has 1 aromatic heterocycles. The Balaban J connectivity index is 1.50. The average Bonchev–Trinajstić information content (AvgIpc) is 2.95. The van der Waals surface area contributed by atoms with Crippen LogP contribution in [0.15, 0.2) is 48.7 Å². The second-order valence-electron chi connectivity index (χ2n) is 6.91. The van der Waals surface area contributed by atoms with Gasteiger partial charge in [0.15, 0.2) is 11.5 Å². The van der Waals surface area contributed by atoms with Crippen LogP contribution in [0.1, 0.15) is 22.3 Å². The number of halogens is 1. The number of nitrogens with one attached hydrogen (secondary N) is 1. The molecule has 29 heavy (non-hydrogen) atoms. The molecule has 1 amide bonds. The van der Waals surface area contributed by atoms with Crippen molar-refractivity contribution in [2.75, 3.05) is 19.8 Å². The van der Waals surface area contributed by atoms with Gasteiger partial charge >= 0.3 is 0 Å². The standard InChI is InChI=1S/C22H22FN3O3/c1-26-14-18(22(27)24-9-8-15-4-2-5-17(23)12-15)21(25-26)16-6-7-19-20(13-16)29-11-3-10-28-19/h2,4-7,12-14H,3,8-11H2,1H3,(H,24,27). The summed E-state index contributed by atoms with van der Waals surface area (Å²) in [7, 11) is 1.77. The first-order valence-corrected chi connectivity index (χ1v) is 9.56. The fourth-order valence-electron chi connectivity index (χ4n) is 3.29. The van der Waals surface area contributed by atoms with Gasteiger partial charge in [-0.2, -0.15) is 5.10 Å². The molecule has 4 rings (SSSR count). The van der Waals surface area contributed by atoms with Gasteiger partial charge < -0.3 is 14.8 Å². The van der Waals surface area contributed by atoms with Crippen molar-refractivity contribution < 1.29 is 18.7 Å². The Bertz CT molecular complexity index is 1030. The van der Waals surface area contributed by atoms with Gasteiger partial charge in [0.2, 0.25) is 0 Å². The van der Waals surface area contributed by atoms with Crippen molar-refractivity contribution in [2.45, 2.75) is 12.8 Å². The minimum absolute atomic E-state index is 0.225. The average molecular weight is 395 g/mol. The summed E-state index contributed by atoms with van der Waals surface area (Å²) in [4.78, 5) is 12.8. The van der Waals surface area contributed by atoms with Gasteiger partial charge in [0.05, 0.1) is 18.8 Å². The highest BCUT2D eigenvalue weighted by Crippen LogP contribution is 2.34. The lowest BCUT2D eigenvalue weighted by Crippen LogP contribution is -2.25. The van der Waals surface area contributed by atoms with Gasteiger partial charge in [0, 0.05) is 31.8 Å². The maximum absolute atomic E-state index is 13.3. The molecule has 1 N–H and O–H groups in total. The summed E-state index contributed by atoms with van der Waals surface area (Å²) < 4.78 is 26.3. The highest BCUT2D eigenvalue weighted by molar-refractivity contribution is 5.99. The fourth-order valence-corrected chi connectivity index (χ4v) is 3.29. The van der Waals surface area contributed by atoms with E-state index in [4.69, 9.17) is 9.47 Å². The summed E-state index contributed by atoms with van der Waals surface area (Å²) in [6, 6.07) is 11.9. The molecule has 0 aliphatic carbocycles. The summed E-state index contributed by atoms with van der Waals surface area (Å²) >= 11 is 0. The Morgan fingerprint density at radius 3 is 2.83 bits per heavy atom. The summed E-state index contributed by atoms with van der Waals surface area (Å²) in [6.45, 7) is 1.61. The highest BCUT2D eigenvalue weighted by Gasteiger charge is 2.19. The molecule has 0 saturated heterocycles. The van der Waals surface area contributed by atoms with E-state index >= 15 is 0 Å². The van der Waals surface area contributed by atoms with Gasteiger partial charge in [-0.25, -0.2) is 4.39 Å². The van der Waals surface area contributed by atoms with Crippen LogP contribution < -0.4 is 14.8 Å². The molecule has 1 aliphatic rings. The Hall–Kier alpha value is -3.35. The van der Waals surface area contributed by atoms with E-state index in [1.165, 1.54) is 12.1 Å². The first-order chi connectivity index (χ1) is 14.1. The lowest BCUT2D eigenvalue weighted by Gasteiger charge is -2.09. The van der Waals surface area contributed by atoms with Crippen LogP contribution in [0.2, 0.25) is 0 Å². The Morgan fingerprint density at radius 2 is 2.00 bits per heavy atom. The predicted molar refractivity (Wildman–Crippen MR) is 107 cm³/mol. The number of amides is 1. The van der Waals surface area contributed by atoms with E-state index in [1.54, 1.807) is 24.0 Å². The third-order valence-corrected chi connectivity index (χ3v) is 4.68. The number of aromatic nitrogens is 2.